The molecular formula is C99H103N5O17P4S. The molecule has 1 saturated heterocycles. The summed E-state index contributed by atoms with van der Waals surface area (Å²) in [5, 5.41) is 4.64. The predicted molar refractivity (Wildman–Crippen MR) is 502 cm³/mol. The van der Waals surface area contributed by atoms with E-state index in [9.17, 15) is 9.59 Å². The van der Waals surface area contributed by atoms with Gasteiger partial charge >= 0.3 is 45.6 Å². The van der Waals surface area contributed by atoms with E-state index >= 15 is 8.42 Å². The predicted octanol–water partition coefficient (Wildman–Crippen LogP) is 26.2. The Hall–Kier alpha value is -11.8. The Labute approximate surface area is 739 Å². The van der Waals surface area contributed by atoms with Crippen LogP contribution >= 0.6 is 33.7 Å². The van der Waals surface area contributed by atoms with Gasteiger partial charge in [-0.05, 0) is 177 Å². The Morgan fingerprint density at radius 3 is 1.13 bits per heavy atom. The van der Waals surface area contributed by atoms with E-state index in [1.807, 2.05) is 250 Å². The number of aromatic nitrogens is 4. The lowest BCUT2D eigenvalue weighted by Crippen LogP contribution is -2.29. The second kappa shape index (κ2) is 36.3. The lowest BCUT2D eigenvalue weighted by atomic mass is 9.81. The molecule has 652 valence electrons. The summed E-state index contributed by atoms with van der Waals surface area (Å²) in [7, 11) is -2.88. The molecule has 22 nitrogen and oxygen atoms in total. The van der Waals surface area contributed by atoms with E-state index in [1.54, 1.807) is 64.8 Å². The van der Waals surface area contributed by atoms with Gasteiger partial charge < -0.3 is 59.4 Å². The zero-order valence-electron chi connectivity index (χ0n) is 74.0. The van der Waals surface area contributed by atoms with E-state index in [4.69, 9.17) is 59.4 Å². The third kappa shape index (κ3) is 18.1. The Bertz CT molecular complexity index is 6330. The number of carbonyl (C=O) groups excluding carboxylic acids is 2. The van der Waals surface area contributed by atoms with Crippen LogP contribution in [0.4, 0.5) is 0 Å². The Kier molecular flexibility index (Phi) is 25.7. The number of fused-ring (bicyclic) bond motifs is 5. The highest BCUT2D eigenvalue weighted by Crippen LogP contribution is 2.63. The number of ether oxygens (including phenoxy) is 6. The van der Waals surface area contributed by atoms with Crippen molar-refractivity contribution in [3.63, 3.8) is 0 Å². The summed E-state index contributed by atoms with van der Waals surface area (Å²) < 4.78 is 124. The smallest absolute Gasteiger partial charge is 0.453 e. The van der Waals surface area contributed by atoms with Crippen molar-refractivity contribution in [2.45, 2.75) is 123 Å². The molecule has 27 heteroatoms. The van der Waals surface area contributed by atoms with Crippen LogP contribution in [0.5, 0.6) is 46.0 Å². The first kappa shape index (κ1) is 89.1. The van der Waals surface area contributed by atoms with Crippen molar-refractivity contribution in [2.75, 3.05) is 49.3 Å². The quantitative estimate of drug-likeness (QED) is 0.0429. The van der Waals surface area contributed by atoms with Crippen LogP contribution in [0.1, 0.15) is 143 Å². The summed E-state index contributed by atoms with van der Waals surface area (Å²) in [4.78, 5) is 27.8. The lowest BCUT2D eigenvalue weighted by Gasteiger charge is -2.31. The maximum absolute atomic E-state index is 15.1. The molecule has 10 aromatic carbocycles. The minimum Gasteiger partial charge on any atom is -0.497 e. The zero-order chi connectivity index (χ0) is 89.5. The highest BCUT2D eigenvalue weighted by molar-refractivity contribution is 7.93. The molecule has 15 aromatic rings. The minimum absolute atomic E-state index is 0.0611. The molecule has 0 aliphatic carbocycles. The van der Waals surface area contributed by atoms with E-state index in [1.165, 1.54) is 18.3 Å². The third-order valence-electron chi connectivity index (χ3n) is 21.7. The van der Waals surface area contributed by atoms with Crippen molar-refractivity contribution >= 4 is 99.1 Å². The fourth-order valence-corrected chi connectivity index (χ4v) is 23.3. The van der Waals surface area contributed by atoms with Gasteiger partial charge in [0.1, 0.15) is 56.8 Å². The monoisotopic (exact) mass is 1790 g/mol. The van der Waals surface area contributed by atoms with Crippen LogP contribution in [-0.2, 0) is 45.7 Å². The van der Waals surface area contributed by atoms with Gasteiger partial charge in [-0.1, -0.05) is 180 Å². The number of methoxy groups -OCH3 is 6. The maximum Gasteiger partial charge on any atom is 0.453 e. The van der Waals surface area contributed by atoms with Crippen molar-refractivity contribution in [3.05, 3.63) is 306 Å². The van der Waals surface area contributed by atoms with Crippen LogP contribution in [0, 0.1) is 6.92 Å². The fraction of sp³-hybridized carbons (Fsp3) is 0.253. The molecular weight excluding hydrogens is 1690 g/mol. The Morgan fingerprint density at radius 2 is 0.762 bits per heavy atom. The summed E-state index contributed by atoms with van der Waals surface area (Å²) >= 11 is 0. The first-order valence-electron chi connectivity index (χ1n) is 41.0. The molecule has 5 aromatic heterocycles. The second-order valence-electron chi connectivity index (χ2n) is 34.5. The molecule has 0 N–H and O–H groups in total. The van der Waals surface area contributed by atoms with Crippen LogP contribution in [0.2, 0.25) is 0 Å². The van der Waals surface area contributed by atoms with E-state index in [2.05, 4.69) is 83.1 Å². The highest BCUT2D eigenvalue weighted by Gasteiger charge is 2.49. The molecule has 0 bridgehead atoms. The molecule has 0 spiro atoms. The van der Waals surface area contributed by atoms with E-state index < -0.39 is 83.3 Å². The van der Waals surface area contributed by atoms with Crippen LogP contribution in [0.25, 0.3) is 65.7 Å². The number of rotatable bonds is 23. The molecule has 0 saturated carbocycles. The van der Waals surface area contributed by atoms with Crippen molar-refractivity contribution in [1.29, 1.82) is 0 Å². The molecule has 0 amide bonds. The largest absolute Gasteiger partial charge is 0.497 e. The number of nitrogens with zero attached hydrogens (tertiary/aromatic N) is 5. The van der Waals surface area contributed by atoms with Gasteiger partial charge in [0, 0.05) is 105 Å². The van der Waals surface area contributed by atoms with E-state index in [0.29, 0.717) is 67.9 Å². The molecule has 126 heavy (non-hydrogen) atoms. The Morgan fingerprint density at radius 1 is 0.405 bits per heavy atom. The molecule has 1 aliphatic heterocycles. The summed E-state index contributed by atoms with van der Waals surface area (Å²) in [5.41, 5.74) is 6.89. The van der Waals surface area contributed by atoms with Gasteiger partial charge in [0.05, 0.1) is 60.2 Å². The number of sulfonamides is 1. The average Bonchev–Trinajstić information content (AvgIpc) is 1.14. The van der Waals surface area contributed by atoms with E-state index in [-0.39, 0.29) is 34.1 Å². The standard InChI is InChI=1S/C59H71NO11P2S.C40H32N4O6P2/c1-36-23-25-42(26-24-36)74(61,62)60-51(37-21-19-18-20-22-37)35-67-72(60)68-52-43(27-38(63-14)31-47(52)56(2,3)4)44-28-39(64-15)32-48(57(5,6)7)53(44)69-73-70-54-45(29-40(65-16)33-49(54)58(8,9)10)46-30-41(66-17)34-50(55(46)71-73)59(11,12)13;1-47-39(45)33-27-29-15-3-5-17-31(29)35(37(33)49-51(41-19-7-8-20-41)42-21-9-10-22-42)36-32-18-6-4-16-30(32)28-34(40(46)48-2)38(36)50-52(43-23-11-12-24-43)44-25-13-14-26-44/h18-34,51H,35H2,1-17H3;3-28H,1-2H3. The third-order valence-corrected chi connectivity index (χ3v) is 30.0. The van der Waals surface area contributed by atoms with Crippen molar-refractivity contribution in [3.8, 4) is 68.2 Å². The average molecular weight is 1790 g/mol. The van der Waals surface area contributed by atoms with Crippen LogP contribution in [-0.4, -0.2) is 91.0 Å². The number of esters is 2. The maximum atomic E-state index is 15.1. The number of hydrogen-bond donors (Lipinski definition) is 0. The van der Waals surface area contributed by atoms with Crippen LogP contribution in [0.15, 0.2) is 275 Å². The van der Waals surface area contributed by atoms with Gasteiger partial charge in [-0.2, -0.15) is 0 Å². The topological polar surface area (TPSA) is 219 Å². The molecule has 0 radical (unpaired) electrons. The number of benzene rings is 10. The fourth-order valence-electron chi connectivity index (χ4n) is 15.3. The summed E-state index contributed by atoms with van der Waals surface area (Å²) in [6, 6.07) is 65.9. The van der Waals surface area contributed by atoms with Crippen LogP contribution in [0.3, 0.4) is 0 Å². The molecule has 1 fully saturated rings. The van der Waals surface area contributed by atoms with Gasteiger partial charge in [0.2, 0.25) is 0 Å². The Balaban J connectivity index is 0.000000206. The van der Waals surface area contributed by atoms with Crippen molar-refractivity contribution in [1.82, 2.24) is 21.4 Å². The minimum atomic E-state index is -4.22. The van der Waals surface area contributed by atoms with Crippen molar-refractivity contribution < 1.29 is 77.4 Å². The SMILES string of the molecule is COC(=O)c1cc2ccccc2c(-c2c(OP(n3cccc3)n3cccc3)c(C(=O)OC)cc3ccccc23)c1OP(n1cccc1)n1cccc1.COc1cc(-c2cc(OC)cc(C(C)(C)C)c2Op2oc3c(C(C)(C)C)cc(OC)cc3c3cc(OC)cc(C(C)(C)C)c3o2)c(OP2OCC(c3ccccc3)N2S(=O)(=O)c2ccc(C)cc2)c(C(C)(C)C)c1. The second-order valence-corrected chi connectivity index (χ2v) is 42.1. The normalized spacial score (nSPS) is 14.0. The number of carbonyl (C=O) groups is 2. The molecule has 6 heterocycles. The van der Waals surface area contributed by atoms with Gasteiger partial charge in [0.15, 0.2) is 11.5 Å². The van der Waals surface area contributed by atoms with Crippen LogP contribution < -0.4 is 37.0 Å². The molecule has 2 unspecified atom stereocenters. The van der Waals surface area contributed by atoms with Gasteiger partial charge in [0.25, 0.3) is 10.0 Å². The first-order valence-corrected chi connectivity index (χ1v) is 47.0. The van der Waals surface area contributed by atoms with Crippen molar-refractivity contribution in [2.24, 2.45) is 0 Å². The lowest BCUT2D eigenvalue weighted by molar-refractivity contribution is 0.0589. The van der Waals surface area contributed by atoms with Gasteiger partial charge in [-0.25, -0.2) is 18.0 Å². The summed E-state index contributed by atoms with van der Waals surface area (Å²) in [5.74, 6) is 2.65. The zero-order valence-corrected chi connectivity index (χ0v) is 78.4. The molecule has 16 rings (SSSR count). The van der Waals surface area contributed by atoms with Gasteiger partial charge in [-0.3, -0.25) is 17.4 Å². The summed E-state index contributed by atoms with van der Waals surface area (Å²) in [6.07, 6.45) is 15.4. The number of aryl methyl sites for hydroxylation is 1. The molecule has 1 aliphatic rings. The molecule has 2 atom stereocenters. The van der Waals surface area contributed by atoms with Gasteiger partial charge in [-0.15, -0.1) is 4.08 Å². The van der Waals surface area contributed by atoms with E-state index in [0.717, 1.165) is 65.7 Å². The first-order chi connectivity index (χ1) is 60.2. The number of hydrogen-bond acceptors (Lipinski definition) is 17. The summed E-state index contributed by atoms with van der Waals surface area (Å²) in [6.45, 7) is 27.3. The highest BCUT2D eigenvalue weighted by atomic mass is 32.2.